The molecule has 19 heavy (non-hydrogen) atoms. The van der Waals surface area contributed by atoms with E-state index in [0.717, 1.165) is 16.0 Å². The van der Waals surface area contributed by atoms with E-state index < -0.39 is 5.24 Å². The van der Waals surface area contributed by atoms with Crippen LogP contribution in [-0.2, 0) is 0 Å². The summed E-state index contributed by atoms with van der Waals surface area (Å²) in [5.41, 5.74) is 2.90. The van der Waals surface area contributed by atoms with Crippen LogP contribution in [0.4, 0.5) is 0 Å². The summed E-state index contributed by atoms with van der Waals surface area (Å²) in [7, 11) is 0. The third kappa shape index (κ3) is 3.06. The van der Waals surface area contributed by atoms with Crippen LogP contribution in [0.2, 0.25) is 0 Å². The molecule has 0 saturated carbocycles. The standard InChI is InChI=1S/C15H11ClO2S/c1-9(17)12-6-7-13(14(19)8-12)10-2-4-11(5-3-10)15(16)18/h2-8,19H,1H3. The highest BCUT2D eigenvalue weighted by molar-refractivity contribution is 7.80. The summed E-state index contributed by atoms with van der Waals surface area (Å²) in [6.07, 6.45) is 0. The summed E-state index contributed by atoms with van der Waals surface area (Å²) in [6, 6.07) is 12.3. The molecule has 2 aromatic rings. The molecular weight excluding hydrogens is 280 g/mol. The van der Waals surface area contributed by atoms with Crippen LogP contribution in [0.5, 0.6) is 0 Å². The molecule has 0 aliphatic carbocycles. The molecule has 0 atom stereocenters. The molecular formula is C15H11ClO2S. The Morgan fingerprint density at radius 1 is 1.00 bits per heavy atom. The predicted molar refractivity (Wildman–Crippen MR) is 79.3 cm³/mol. The van der Waals surface area contributed by atoms with Gasteiger partial charge in [0.1, 0.15) is 0 Å². The van der Waals surface area contributed by atoms with Crippen LogP contribution in [0.15, 0.2) is 47.4 Å². The Morgan fingerprint density at radius 3 is 2.05 bits per heavy atom. The first-order valence-corrected chi connectivity index (χ1v) is 6.46. The average Bonchev–Trinajstić information content (AvgIpc) is 2.38. The van der Waals surface area contributed by atoms with Crippen molar-refractivity contribution < 1.29 is 9.59 Å². The molecule has 0 amide bonds. The average molecular weight is 291 g/mol. The molecule has 0 aliphatic heterocycles. The smallest absolute Gasteiger partial charge is 0.252 e. The Labute approximate surface area is 121 Å². The first kappa shape index (κ1) is 13.8. The maximum atomic E-state index is 11.3. The zero-order valence-electron chi connectivity index (χ0n) is 10.2. The van der Waals surface area contributed by atoms with Gasteiger partial charge in [0, 0.05) is 16.0 Å². The van der Waals surface area contributed by atoms with E-state index in [1.165, 1.54) is 6.92 Å². The lowest BCUT2D eigenvalue weighted by Crippen LogP contribution is -1.93. The number of carbonyl (C=O) groups excluding carboxylic acids is 2. The van der Waals surface area contributed by atoms with Crippen molar-refractivity contribution in [2.45, 2.75) is 11.8 Å². The highest BCUT2D eigenvalue weighted by Gasteiger charge is 2.07. The van der Waals surface area contributed by atoms with E-state index in [1.54, 1.807) is 36.4 Å². The normalized spacial score (nSPS) is 10.3. The SMILES string of the molecule is CC(=O)c1ccc(-c2ccc(C(=O)Cl)cc2)c(S)c1. The number of halogens is 1. The molecule has 0 bridgehead atoms. The quantitative estimate of drug-likeness (QED) is 0.521. The Morgan fingerprint density at radius 2 is 1.58 bits per heavy atom. The van der Waals surface area contributed by atoms with Crippen LogP contribution in [-0.4, -0.2) is 11.0 Å². The van der Waals surface area contributed by atoms with Crippen molar-refractivity contribution >= 4 is 35.3 Å². The van der Waals surface area contributed by atoms with Gasteiger partial charge in [-0.15, -0.1) is 12.6 Å². The summed E-state index contributed by atoms with van der Waals surface area (Å²) < 4.78 is 0. The number of ketones is 1. The van der Waals surface area contributed by atoms with Gasteiger partial charge < -0.3 is 0 Å². The van der Waals surface area contributed by atoms with Crippen molar-refractivity contribution in [2.24, 2.45) is 0 Å². The summed E-state index contributed by atoms with van der Waals surface area (Å²) >= 11 is 9.79. The number of hydrogen-bond acceptors (Lipinski definition) is 3. The Balaban J connectivity index is 2.41. The van der Waals surface area contributed by atoms with E-state index in [4.69, 9.17) is 11.6 Å². The monoisotopic (exact) mass is 290 g/mol. The second-order valence-electron chi connectivity index (χ2n) is 4.14. The molecule has 0 spiro atoms. The second-order valence-corrected chi connectivity index (χ2v) is 4.96. The number of thiol groups is 1. The van der Waals surface area contributed by atoms with Gasteiger partial charge >= 0.3 is 0 Å². The number of rotatable bonds is 3. The van der Waals surface area contributed by atoms with Gasteiger partial charge in [0.05, 0.1) is 0 Å². The minimum atomic E-state index is -0.482. The van der Waals surface area contributed by atoms with E-state index in [-0.39, 0.29) is 5.78 Å². The van der Waals surface area contributed by atoms with Gasteiger partial charge in [-0.05, 0) is 47.9 Å². The minimum absolute atomic E-state index is 0.00457. The lowest BCUT2D eigenvalue weighted by molar-refractivity contribution is 0.101. The molecule has 0 radical (unpaired) electrons. The fraction of sp³-hybridized carbons (Fsp3) is 0.0667. The maximum Gasteiger partial charge on any atom is 0.252 e. The highest BCUT2D eigenvalue weighted by Crippen LogP contribution is 2.28. The van der Waals surface area contributed by atoms with E-state index in [1.807, 2.05) is 6.07 Å². The lowest BCUT2D eigenvalue weighted by atomic mass is 10.0. The number of carbonyl (C=O) groups is 2. The van der Waals surface area contributed by atoms with E-state index >= 15 is 0 Å². The maximum absolute atomic E-state index is 11.3. The Bertz CT molecular complexity index is 648. The van der Waals surface area contributed by atoms with Crippen LogP contribution < -0.4 is 0 Å². The van der Waals surface area contributed by atoms with E-state index in [0.29, 0.717) is 11.1 Å². The molecule has 2 nitrogen and oxygen atoms in total. The number of hydrogen-bond donors (Lipinski definition) is 1. The molecule has 0 heterocycles. The Kier molecular flexibility index (Phi) is 4.08. The van der Waals surface area contributed by atoms with Crippen LogP contribution >= 0.6 is 24.2 Å². The van der Waals surface area contributed by atoms with Gasteiger partial charge in [-0.25, -0.2) is 0 Å². The lowest BCUT2D eigenvalue weighted by Gasteiger charge is -2.07. The molecule has 4 heteroatoms. The van der Waals surface area contributed by atoms with Gasteiger partial charge in [-0.1, -0.05) is 24.3 Å². The molecule has 0 saturated heterocycles. The highest BCUT2D eigenvalue weighted by atomic mass is 35.5. The fourth-order valence-corrected chi connectivity index (χ4v) is 2.24. The first-order valence-electron chi connectivity index (χ1n) is 5.63. The van der Waals surface area contributed by atoms with Crippen LogP contribution in [0.1, 0.15) is 27.6 Å². The zero-order valence-corrected chi connectivity index (χ0v) is 11.8. The van der Waals surface area contributed by atoms with Gasteiger partial charge in [0.2, 0.25) is 0 Å². The summed E-state index contributed by atoms with van der Waals surface area (Å²) in [5.74, 6) is 0.00457. The van der Waals surface area contributed by atoms with E-state index in [2.05, 4.69) is 12.6 Å². The molecule has 0 fully saturated rings. The van der Waals surface area contributed by atoms with Crippen molar-refractivity contribution in [3.8, 4) is 11.1 Å². The largest absolute Gasteiger partial charge is 0.295 e. The first-order chi connectivity index (χ1) is 8.99. The van der Waals surface area contributed by atoms with Gasteiger partial charge in [-0.2, -0.15) is 0 Å². The van der Waals surface area contributed by atoms with Crippen LogP contribution in [0, 0.1) is 0 Å². The minimum Gasteiger partial charge on any atom is -0.295 e. The van der Waals surface area contributed by atoms with Crippen LogP contribution in [0.25, 0.3) is 11.1 Å². The second kappa shape index (κ2) is 5.59. The third-order valence-corrected chi connectivity index (χ3v) is 3.42. The molecule has 96 valence electrons. The van der Waals surface area contributed by atoms with Gasteiger partial charge in [0.15, 0.2) is 5.78 Å². The molecule has 0 N–H and O–H groups in total. The van der Waals surface area contributed by atoms with Crippen molar-refractivity contribution in [3.63, 3.8) is 0 Å². The molecule has 2 rings (SSSR count). The van der Waals surface area contributed by atoms with Crippen molar-refractivity contribution in [1.29, 1.82) is 0 Å². The van der Waals surface area contributed by atoms with Crippen molar-refractivity contribution in [2.75, 3.05) is 0 Å². The third-order valence-electron chi connectivity index (χ3n) is 2.83. The van der Waals surface area contributed by atoms with Gasteiger partial charge in [-0.3, -0.25) is 9.59 Å². The van der Waals surface area contributed by atoms with Crippen molar-refractivity contribution in [3.05, 3.63) is 53.6 Å². The number of benzene rings is 2. The molecule has 2 aromatic carbocycles. The van der Waals surface area contributed by atoms with Gasteiger partial charge in [0.25, 0.3) is 5.24 Å². The van der Waals surface area contributed by atoms with Crippen LogP contribution in [0.3, 0.4) is 0 Å². The topological polar surface area (TPSA) is 34.1 Å². The predicted octanol–water partition coefficient (Wildman–Crippen LogP) is 4.22. The summed E-state index contributed by atoms with van der Waals surface area (Å²) in [6.45, 7) is 1.52. The Hall–Kier alpha value is -1.58. The zero-order chi connectivity index (χ0) is 14.0. The molecule has 0 unspecified atom stereocenters. The molecule has 0 aliphatic rings. The summed E-state index contributed by atoms with van der Waals surface area (Å²) in [5, 5.41) is -0.482. The summed E-state index contributed by atoms with van der Waals surface area (Å²) in [4.78, 5) is 23.0. The molecule has 0 aromatic heterocycles. The fourth-order valence-electron chi connectivity index (χ4n) is 1.78. The number of Topliss-reactive ketones (excluding diaryl/α,β-unsaturated/α-hetero) is 1. The van der Waals surface area contributed by atoms with E-state index in [9.17, 15) is 9.59 Å². The van der Waals surface area contributed by atoms with Crippen molar-refractivity contribution in [1.82, 2.24) is 0 Å².